The van der Waals surface area contributed by atoms with Gasteiger partial charge in [0.05, 0.1) is 16.7 Å². The number of likely N-dealkylation sites (tertiary alicyclic amines) is 1. The number of piperidine rings is 1. The summed E-state index contributed by atoms with van der Waals surface area (Å²) in [5, 5.41) is 2.95. The molecule has 2 saturated carbocycles. The number of halogens is 1. The summed E-state index contributed by atoms with van der Waals surface area (Å²) >= 11 is 3.64. The summed E-state index contributed by atoms with van der Waals surface area (Å²) in [6.45, 7) is 1.58. The minimum absolute atomic E-state index is 0.0125. The molecule has 1 aromatic carbocycles. The Bertz CT molecular complexity index is 837. The molecule has 2 saturated heterocycles. The first-order valence-electron chi connectivity index (χ1n) is 10.1. The number of nitrogens with one attached hydrogen (secondary N) is 1. The number of nitrogens with zero attached hydrogens (tertiary/aromatic N) is 1. The van der Waals surface area contributed by atoms with Crippen molar-refractivity contribution in [1.82, 2.24) is 4.90 Å². The van der Waals surface area contributed by atoms with Crippen molar-refractivity contribution in [3.63, 3.8) is 0 Å². The van der Waals surface area contributed by atoms with Crippen LogP contribution in [0.4, 0.5) is 5.69 Å². The lowest BCUT2D eigenvalue weighted by Gasteiger charge is -2.28. The molecule has 28 heavy (non-hydrogen) atoms. The van der Waals surface area contributed by atoms with E-state index in [0.29, 0.717) is 11.3 Å². The summed E-state index contributed by atoms with van der Waals surface area (Å²) < 4.78 is 5.48. The predicted molar refractivity (Wildman–Crippen MR) is 106 cm³/mol. The second-order valence-corrected chi connectivity index (χ2v) is 9.44. The fourth-order valence-corrected chi connectivity index (χ4v) is 6.61. The molecule has 2 bridgehead atoms. The highest BCUT2D eigenvalue weighted by Crippen LogP contribution is 2.60. The van der Waals surface area contributed by atoms with E-state index in [4.69, 9.17) is 4.74 Å². The Morgan fingerprint density at radius 1 is 1.14 bits per heavy atom. The molecule has 0 radical (unpaired) electrons. The van der Waals surface area contributed by atoms with Crippen molar-refractivity contribution in [3.8, 4) is 0 Å². The summed E-state index contributed by atoms with van der Waals surface area (Å²) in [6, 6.07) is 7.11. The van der Waals surface area contributed by atoms with E-state index in [-0.39, 0.29) is 52.4 Å². The fourth-order valence-electron chi connectivity index (χ4n) is 5.57. The molecule has 2 heterocycles. The molecule has 0 spiro atoms. The van der Waals surface area contributed by atoms with Crippen molar-refractivity contribution in [1.29, 1.82) is 0 Å². The van der Waals surface area contributed by atoms with Crippen LogP contribution in [0.2, 0.25) is 0 Å². The Morgan fingerprint density at radius 3 is 2.71 bits per heavy atom. The lowest BCUT2D eigenvalue weighted by molar-refractivity contribution is -0.145. The summed E-state index contributed by atoms with van der Waals surface area (Å²) in [4.78, 5) is 39.9. The van der Waals surface area contributed by atoms with E-state index in [1.165, 1.54) is 6.42 Å². The summed E-state index contributed by atoms with van der Waals surface area (Å²) in [6.07, 6.45) is 4.01. The highest BCUT2D eigenvalue weighted by molar-refractivity contribution is 9.09. The van der Waals surface area contributed by atoms with Gasteiger partial charge in [-0.2, -0.15) is 0 Å². The number of carbonyl (C=O) groups is 3. The quantitative estimate of drug-likeness (QED) is 0.571. The van der Waals surface area contributed by atoms with Gasteiger partial charge in [0.25, 0.3) is 5.91 Å². The smallest absolute Gasteiger partial charge is 0.310 e. The van der Waals surface area contributed by atoms with Gasteiger partial charge in [0.2, 0.25) is 5.91 Å². The zero-order chi connectivity index (χ0) is 19.4. The highest BCUT2D eigenvalue weighted by Gasteiger charge is 2.67. The Hall–Kier alpha value is -1.89. The van der Waals surface area contributed by atoms with E-state index in [0.717, 1.165) is 32.4 Å². The first kappa shape index (κ1) is 18.2. The average molecular weight is 447 g/mol. The fraction of sp³-hybridized carbons (Fsp3) is 0.571. The molecule has 148 valence electrons. The third kappa shape index (κ3) is 2.78. The van der Waals surface area contributed by atoms with Crippen LogP contribution < -0.4 is 5.32 Å². The van der Waals surface area contributed by atoms with Crippen LogP contribution in [0.1, 0.15) is 36.0 Å². The van der Waals surface area contributed by atoms with Crippen LogP contribution in [0, 0.1) is 23.7 Å². The van der Waals surface area contributed by atoms with Crippen LogP contribution in [0.15, 0.2) is 24.3 Å². The molecule has 2 aliphatic carbocycles. The molecule has 6 atom stereocenters. The van der Waals surface area contributed by atoms with Crippen molar-refractivity contribution in [3.05, 3.63) is 29.8 Å². The minimum Gasteiger partial charge on any atom is -0.461 e. The minimum atomic E-state index is -0.373. The first-order chi connectivity index (χ1) is 13.5. The van der Waals surface area contributed by atoms with Crippen LogP contribution in [0.25, 0.3) is 0 Å². The predicted octanol–water partition coefficient (Wildman–Crippen LogP) is 2.82. The number of hydrogen-bond donors (Lipinski definition) is 1. The molecule has 0 aromatic heterocycles. The molecule has 5 rings (SSSR count). The number of carbonyl (C=O) groups excluding carboxylic acids is 3. The van der Waals surface area contributed by atoms with E-state index in [9.17, 15) is 14.4 Å². The standard InChI is InChI=1S/C21H23BrN2O4/c22-17-13-10-14-16(21(27)28-18(14)17)15(13)19(25)23-12-6-4-5-11(9-12)20(26)24-7-2-1-3-8-24/h4-6,9,13-18H,1-3,7-8,10H2,(H,23,25)/t13-,14-,15-,16+,17-,18+/m1/s1. The number of ether oxygens (including phenoxy) is 1. The third-order valence-electron chi connectivity index (χ3n) is 6.85. The monoisotopic (exact) mass is 446 g/mol. The zero-order valence-electron chi connectivity index (χ0n) is 15.5. The van der Waals surface area contributed by atoms with Gasteiger partial charge in [-0.15, -0.1) is 0 Å². The SMILES string of the molecule is O=C(Nc1cccc(C(=O)N2CCCCC2)c1)[C@@H]1[C@H]2C[C@H]3[C@H](OC(=O)[C@@H]31)[C@@H]2Br. The normalized spacial score (nSPS) is 35.8. The van der Waals surface area contributed by atoms with Crippen molar-refractivity contribution < 1.29 is 19.1 Å². The molecule has 1 N–H and O–H groups in total. The average Bonchev–Trinajstić information content (AvgIpc) is 3.32. The molecule has 0 unspecified atom stereocenters. The number of amides is 2. The lowest BCUT2D eigenvalue weighted by atomic mass is 9.79. The number of hydrogen-bond acceptors (Lipinski definition) is 4. The van der Waals surface area contributed by atoms with E-state index in [1.54, 1.807) is 24.3 Å². The summed E-state index contributed by atoms with van der Waals surface area (Å²) in [5.74, 6) is -0.827. The van der Waals surface area contributed by atoms with E-state index in [1.807, 2.05) is 4.90 Å². The molecular formula is C21H23BrN2O4. The van der Waals surface area contributed by atoms with Gasteiger partial charge in [0.15, 0.2) is 0 Å². The van der Waals surface area contributed by atoms with Crippen molar-refractivity contribution in [2.24, 2.45) is 23.7 Å². The van der Waals surface area contributed by atoms with Gasteiger partial charge >= 0.3 is 5.97 Å². The van der Waals surface area contributed by atoms with Crippen LogP contribution in [0.3, 0.4) is 0 Å². The van der Waals surface area contributed by atoms with Gasteiger partial charge in [-0.1, -0.05) is 22.0 Å². The van der Waals surface area contributed by atoms with Crippen molar-refractivity contribution in [2.75, 3.05) is 18.4 Å². The number of fused-ring (bicyclic) bond motifs is 1. The Kier molecular flexibility index (Phi) is 4.45. The van der Waals surface area contributed by atoms with Crippen molar-refractivity contribution >= 4 is 39.4 Å². The zero-order valence-corrected chi connectivity index (χ0v) is 17.1. The number of rotatable bonds is 3. The molecule has 4 fully saturated rings. The molecular weight excluding hydrogens is 424 g/mol. The first-order valence-corrected chi connectivity index (χ1v) is 11.0. The Morgan fingerprint density at radius 2 is 1.93 bits per heavy atom. The Balaban J connectivity index is 1.32. The van der Waals surface area contributed by atoms with E-state index in [2.05, 4.69) is 21.2 Å². The summed E-state index contributed by atoms with van der Waals surface area (Å²) in [5.41, 5.74) is 1.19. The number of alkyl halides is 1. The number of esters is 1. The molecule has 1 aromatic rings. The van der Waals surface area contributed by atoms with Gasteiger partial charge in [0.1, 0.15) is 6.10 Å². The van der Waals surface area contributed by atoms with Crippen LogP contribution in [0.5, 0.6) is 0 Å². The lowest BCUT2D eigenvalue weighted by Crippen LogP contribution is -2.40. The van der Waals surface area contributed by atoms with E-state index < -0.39 is 0 Å². The molecule has 4 aliphatic rings. The van der Waals surface area contributed by atoms with Gasteiger partial charge in [-0.3, -0.25) is 14.4 Å². The maximum atomic E-state index is 13.0. The Labute approximate surface area is 172 Å². The van der Waals surface area contributed by atoms with Gasteiger partial charge < -0.3 is 15.0 Å². The van der Waals surface area contributed by atoms with Crippen LogP contribution in [-0.2, 0) is 14.3 Å². The van der Waals surface area contributed by atoms with E-state index >= 15 is 0 Å². The molecule has 2 amide bonds. The topological polar surface area (TPSA) is 75.7 Å². The summed E-state index contributed by atoms with van der Waals surface area (Å²) in [7, 11) is 0. The number of benzene rings is 1. The second kappa shape index (κ2) is 6.87. The maximum absolute atomic E-state index is 13.0. The van der Waals surface area contributed by atoms with Gasteiger partial charge in [-0.05, 0) is 49.8 Å². The van der Waals surface area contributed by atoms with Crippen LogP contribution >= 0.6 is 15.9 Å². The number of anilines is 1. The molecule has 6 nitrogen and oxygen atoms in total. The third-order valence-corrected chi connectivity index (χ3v) is 8.05. The van der Waals surface area contributed by atoms with Gasteiger partial charge in [0, 0.05) is 30.3 Å². The maximum Gasteiger partial charge on any atom is 0.310 e. The highest BCUT2D eigenvalue weighted by atomic mass is 79.9. The molecule has 7 heteroatoms. The second-order valence-electron chi connectivity index (χ2n) is 8.38. The van der Waals surface area contributed by atoms with Crippen LogP contribution in [-0.4, -0.2) is 46.7 Å². The largest absolute Gasteiger partial charge is 0.461 e. The van der Waals surface area contributed by atoms with Gasteiger partial charge in [-0.25, -0.2) is 0 Å². The van der Waals surface area contributed by atoms with Crippen molar-refractivity contribution in [2.45, 2.75) is 36.6 Å². The molecule has 2 aliphatic heterocycles.